The molecule has 0 aliphatic rings. The summed E-state index contributed by atoms with van der Waals surface area (Å²) in [5.41, 5.74) is 3.23. The van der Waals surface area contributed by atoms with Crippen LogP contribution in [0.1, 0.15) is 5.56 Å². The lowest BCUT2D eigenvalue weighted by molar-refractivity contribution is -0.384. The van der Waals surface area contributed by atoms with Crippen LogP contribution in [-0.2, 0) is 16.1 Å². The highest BCUT2D eigenvalue weighted by molar-refractivity contribution is 6.27. The topological polar surface area (TPSA) is 152 Å². The van der Waals surface area contributed by atoms with Crippen molar-refractivity contribution in [3.63, 3.8) is 0 Å². The third-order valence-corrected chi connectivity index (χ3v) is 4.49. The third kappa shape index (κ3) is 4.93. The van der Waals surface area contributed by atoms with Crippen LogP contribution in [0.2, 0.25) is 0 Å². The molecule has 0 unspecified atom stereocenters. The van der Waals surface area contributed by atoms with Gasteiger partial charge in [0.2, 0.25) is 0 Å². The highest BCUT2D eigenvalue weighted by atomic mass is 16.6. The standard InChI is InChI=1S/C20H16N2O4.C2H2O4/c1-25-20-10-16-15-7-2-3-8-18(15)26-19(16)11-17(20)21-12-13-5-4-6-14(9-13)22(23)24;3-1(4)2(5)6/h2-11,21H,12H2,1H3;(H,3,4)(H,5,6). The van der Waals surface area contributed by atoms with Gasteiger partial charge in [0.05, 0.1) is 17.7 Å². The summed E-state index contributed by atoms with van der Waals surface area (Å²) in [5, 5.41) is 31.0. The van der Waals surface area contributed by atoms with E-state index in [1.165, 1.54) is 6.07 Å². The number of para-hydroxylation sites is 1. The van der Waals surface area contributed by atoms with E-state index in [4.69, 9.17) is 29.0 Å². The summed E-state index contributed by atoms with van der Waals surface area (Å²) in [6, 6.07) is 18.2. The molecule has 3 aromatic carbocycles. The summed E-state index contributed by atoms with van der Waals surface area (Å²) in [6.07, 6.45) is 0. The number of nitro groups is 1. The largest absolute Gasteiger partial charge is 0.495 e. The zero-order valence-corrected chi connectivity index (χ0v) is 16.8. The molecule has 10 heteroatoms. The maximum absolute atomic E-state index is 10.9. The second-order valence-corrected chi connectivity index (χ2v) is 6.54. The number of anilines is 1. The van der Waals surface area contributed by atoms with E-state index in [1.54, 1.807) is 19.2 Å². The lowest BCUT2D eigenvalue weighted by Gasteiger charge is -2.11. The van der Waals surface area contributed by atoms with E-state index in [1.807, 2.05) is 42.5 Å². The van der Waals surface area contributed by atoms with E-state index >= 15 is 0 Å². The van der Waals surface area contributed by atoms with Gasteiger partial charge in [0.25, 0.3) is 5.69 Å². The minimum absolute atomic E-state index is 0.0731. The minimum atomic E-state index is -1.82. The molecule has 1 heterocycles. The van der Waals surface area contributed by atoms with Gasteiger partial charge in [0.1, 0.15) is 16.9 Å². The van der Waals surface area contributed by atoms with E-state index in [2.05, 4.69) is 5.32 Å². The zero-order valence-electron chi connectivity index (χ0n) is 16.8. The fourth-order valence-electron chi connectivity index (χ4n) is 3.04. The summed E-state index contributed by atoms with van der Waals surface area (Å²) < 4.78 is 11.4. The number of furan rings is 1. The number of fused-ring (bicyclic) bond motifs is 3. The molecule has 32 heavy (non-hydrogen) atoms. The number of hydrogen-bond acceptors (Lipinski definition) is 7. The number of nitro benzene ring substituents is 1. The molecule has 0 spiro atoms. The molecule has 0 atom stereocenters. The van der Waals surface area contributed by atoms with Gasteiger partial charge in [-0.05, 0) is 17.7 Å². The maximum Gasteiger partial charge on any atom is 0.414 e. The van der Waals surface area contributed by atoms with E-state index < -0.39 is 16.9 Å². The number of benzene rings is 3. The van der Waals surface area contributed by atoms with Crippen molar-refractivity contribution in [3.05, 3.63) is 76.3 Å². The fourth-order valence-corrected chi connectivity index (χ4v) is 3.04. The molecule has 164 valence electrons. The first-order chi connectivity index (χ1) is 15.3. The molecule has 10 nitrogen and oxygen atoms in total. The van der Waals surface area contributed by atoms with Gasteiger partial charge >= 0.3 is 11.9 Å². The van der Waals surface area contributed by atoms with Crippen molar-refractivity contribution < 1.29 is 33.9 Å². The molecule has 0 aliphatic heterocycles. The number of nitrogens with zero attached hydrogens (tertiary/aromatic N) is 1. The average molecular weight is 438 g/mol. The van der Waals surface area contributed by atoms with Gasteiger partial charge in [0.15, 0.2) is 0 Å². The quantitative estimate of drug-likeness (QED) is 0.235. The van der Waals surface area contributed by atoms with E-state index in [-0.39, 0.29) is 5.69 Å². The number of non-ortho nitro benzene ring substituents is 1. The predicted octanol–water partition coefficient (Wildman–Crippen LogP) is 4.27. The predicted molar refractivity (Wildman–Crippen MR) is 116 cm³/mol. The number of carboxylic acid groups (broad SMARTS) is 2. The van der Waals surface area contributed by atoms with Crippen molar-refractivity contribution >= 4 is 45.3 Å². The fraction of sp³-hybridized carbons (Fsp3) is 0.0909. The van der Waals surface area contributed by atoms with Gasteiger partial charge in [-0.15, -0.1) is 0 Å². The summed E-state index contributed by atoms with van der Waals surface area (Å²) in [7, 11) is 1.61. The van der Waals surface area contributed by atoms with Gasteiger partial charge < -0.3 is 24.7 Å². The molecule has 0 fully saturated rings. The van der Waals surface area contributed by atoms with Gasteiger partial charge in [-0.2, -0.15) is 0 Å². The van der Waals surface area contributed by atoms with Crippen molar-refractivity contribution in [2.45, 2.75) is 6.54 Å². The molecule has 4 rings (SSSR count). The first-order valence-electron chi connectivity index (χ1n) is 9.23. The molecule has 0 amide bonds. The Balaban J connectivity index is 0.000000427. The second kappa shape index (κ2) is 9.47. The van der Waals surface area contributed by atoms with Crippen LogP contribution in [0, 0.1) is 10.1 Å². The highest BCUT2D eigenvalue weighted by Crippen LogP contribution is 2.36. The molecule has 0 saturated carbocycles. The van der Waals surface area contributed by atoms with Crippen LogP contribution in [0.5, 0.6) is 5.75 Å². The Morgan fingerprint density at radius 1 is 1.00 bits per heavy atom. The van der Waals surface area contributed by atoms with Gasteiger partial charge in [0, 0.05) is 35.5 Å². The number of carboxylic acids is 2. The normalized spacial score (nSPS) is 10.3. The van der Waals surface area contributed by atoms with E-state index in [9.17, 15) is 10.1 Å². The van der Waals surface area contributed by atoms with Crippen LogP contribution in [0.25, 0.3) is 21.9 Å². The minimum Gasteiger partial charge on any atom is -0.495 e. The highest BCUT2D eigenvalue weighted by Gasteiger charge is 2.12. The first-order valence-corrected chi connectivity index (χ1v) is 9.23. The Labute approximate surface area is 180 Å². The number of hydrogen-bond donors (Lipinski definition) is 3. The monoisotopic (exact) mass is 438 g/mol. The number of methoxy groups -OCH3 is 1. The molecular formula is C22H18N2O8. The molecule has 4 aromatic rings. The van der Waals surface area contributed by atoms with E-state index in [0.29, 0.717) is 12.3 Å². The number of ether oxygens (including phenoxy) is 1. The summed E-state index contributed by atoms with van der Waals surface area (Å²) in [4.78, 5) is 28.7. The number of nitrogens with one attached hydrogen (secondary N) is 1. The Kier molecular flexibility index (Phi) is 6.54. The molecule has 0 aliphatic carbocycles. The van der Waals surface area contributed by atoms with Crippen LogP contribution < -0.4 is 10.1 Å². The molecule has 0 bridgehead atoms. The van der Waals surface area contributed by atoms with Crippen molar-refractivity contribution in [2.75, 3.05) is 12.4 Å². The van der Waals surface area contributed by atoms with Crippen LogP contribution in [-0.4, -0.2) is 34.2 Å². The Morgan fingerprint density at radius 2 is 1.72 bits per heavy atom. The van der Waals surface area contributed by atoms with Crippen LogP contribution in [0.15, 0.2) is 65.1 Å². The smallest absolute Gasteiger partial charge is 0.414 e. The van der Waals surface area contributed by atoms with Crippen molar-refractivity contribution in [3.8, 4) is 5.75 Å². The number of aliphatic carboxylic acids is 2. The maximum atomic E-state index is 10.9. The van der Waals surface area contributed by atoms with Crippen LogP contribution in [0.3, 0.4) is 0 Å². The number of carbonyl (C=O) groups is 2. The van der Waals surface area contributed by atoms with Crippen LogP contribution in [0.4, 0.5) is 11.4 Å². The van der Waals surface area contributed by atoms with Crippen molar-refractivity contribution in [1.29, 1.82) is 0 Å². The molecule has 0 saturated heterocycles. The van der Waals surface area contributed by atoms with Gasteiger partial charge in [-0.1, -0.05) is 30.3 Å². The summed E-state index contributed by atoms with van der Waals surface area (Å²) in [6.45, 7) is 0.434. The first kappa shape index (κ1) is 22.1. The summed E-state index contributed by atoms with van der Waals surface area (Å²) >= 11 is 0. The molecule has 3 N–H and O–H groups in total. The molecule has 0 radical (unpaired) electrons. The molecule has 1 aromatic heterocycles. The van der Waals surface area contributed by atoms with Crippen LogP contribution >= 0.6 is 0 Å². The Bertz CT molecular complexity index is 1300. The van der Waals surface area contributed by atoms with Gasteiger partial charge in [-0.25, -0.2) is 9.59 Å². The van der Waals surface area contributed by atoms with Gasteiger partial charge in [-0.3, -0.25) is 10.1 Å². The second-order valence-electron chi connectivity index (χ2n) is 6.54. The van der Waals surface area contributed by atoms with E-state index in [0.717, 1.165) is 33.2 Å². The van der Waals surface area contributed by atoms with Crippen molar-refractivity contribution in [1.82, 2.24) is 0 Å². The zero-order chi connectivity index (χ0) is 23.3. The van der Waals surface area contributed by atoms with Crippen molar-refractivity contribution in [2.24, 2.45) is 0 Å². The molecular weight excluding hydrogens is 420 g/mol. The Hall–Kier alpha value is -4.60. The number of rotatable bonds is 5. The lowest BCUT2D eigenvalue weighted by Crippen LogP contribution is -2.09. The average Bonchev–Trinajstić information content (AvgIpc) is 3.14. The summed E-state index contributed by atoms with van der Waals surface area (Å²) in [5.74, 6) is -2.96. The third-order valence-electron chi connectivity index (χ3n) is 4.49. The lowest BCUT2D eigenvalue weighted by atomic mass is 10.1. The Morgan fingerprint density at radius 3 is 2.38 bits per heavy atom. The SMILES string of the molecule is COc1cc2c(cc1NCc1cccc([N+](=O)[O-])c1)oc1ccccc12.O=C(O)C(=O)O.